The summed E-state index contributed by atoms with van der Waals surface area (Å²) >= 11 is 0. The highest BCUT2D eigenvalue weighted by Gasteiger charge is 2.18. The van der Waals surface area contributed by atoms with Gasteiger partial charge in [-0.15, -0.1) is 0 Å². The second-order valence-corrected chi connectivity index (χ2v) is 7.77. The van der Waals surface area contributed by atoms with E-state index in [0.29, 0.717) is 46.9 Å². The second-order valence-electron chi connectivity index (χ2n) is 7.77. The molecule has 6 nitrogen and oxygen atoms in total. The number of ether oxygens (including phenoxy) is 1. The number of aliphatic hydroxyl groups excluding tert-OH is 1. The van der Waals surface area contributed by atoms with Crippen LogP contribution in [0.15, 0.2) is 48.5 Å². The number of aliphatic hydroxyl groups is 1. The van der Waals surface area contributed by atoms with Gasteiger partial charge in [0.25, 0.3) is 0 Å². The summed E-state index contributed by atoms with van der Waals surface area (Å²) in [5.74, 6) is -0.674. The smallest absolute Gasteiger partial charge is 0.307 e. The Bertz CT molecular complexity index is 1060. The molecule has 3 rings (SSSR count). The molecule has 0 fully saturated rings. The average molecular weight is 441 g/mol. The van der Waals surface area contributed by atoms with Crippen LogP contribution in [0.4, 0.5) is 4.39 Å². The molecule has 0 aliphatic carbocycles. The van der Waals surface area contributed by atoms with Gasteiger partial charge in [-0.1, -0.05) is 38.5 Å². The number of aliphatic carboxylic acids is 1. The Kier molecular flexibility index (Phi) is 8.00. The van der Waals surface area contributed by atoms with Crippen LogP contribution >= 0.6 is 0 Å². The predicted molar refractivity (Wildman–Crippen MR) is 121 cm³/mol. The van der Waals surface area contributed by atoms with Crippen LogP contribution in [0.3, 0.4) is 0 Å². The zero-order valence-electron chi connectivity index (χ0n) is 18.4. The van der Waals surface area contributed by atoms with Crippen LogP contribution in [0.2, 0.25) is 0 Å². The van der Waals surface area contributed by atoms with Crippen molar-refractivity contribution in [3.63, 3.8) is 0 Å². The number of carboxylic acids is 1. The van der Waals surface area contributed by atoms with E-state index >= 15 is 0 Å². The summed E-state index contributed by atoms with van der Waals surface area (Å²) in [5, 5.41) is 24.1. The normalized spacial score (nSPS) is 12.0. The topological polar surface area (TPSA) is 84.6 Å². The Balaban J connectivity index is 2.10. The highest BCUT2D eigenvalue weighted by molar-refractivity contribution is 5.76. The lowest BCUT2D eigenvalue weighted by atomic mass is 10.0. The van der Waals surface area contributed by atoms with Crippen molar-refractivity contribution in [3.05, 3.63) is 59.9 Å². The SMILES string of the molecule is CCCCOc1ccc(CC(=O)O)cc1-c1cc(-c2cccc(F)c2)n(C[C@H](O)CC)n1. The Hall–Kier alpha value is -3.19. The molecule has 0 radical (unpaired) electrons. The molecule has 32 heavy (non-hydrogen) atoms. The van der Waals surface area contributed by atoms with Crippen LogP contribution in [0.25, 0.3) is 22.5 Å². The molecule has 7 heteroatoms. The van der Waals surface area contributed by atoms with Gasteiger partial charge >= 0.3 is 5.97 Å². The number of carboxylic acid groups (broad SMARTS) is 1. The molecule has 3 aromatic rings. The second kappa shape index (κ2) is 10.9. The lowest BCUT2D eigenvalue weighted by Crippen LogP contribution is -2.16. The molecule has 0 saturated heterocycles. The first-order chi connectivity index (χ1) is 15.4. The summed E-state index contributed by atoms with van der Waals surface area (Å²) in [7, 11) is 0. The number of unbranched alkanes of at least 4 members (excludes halogenated alkanes) is 1. The van der Waals surface area contributed by atoms with E-state index in [9.17, 15) is 19.4 Å². The third kappa shape index (κ3) is 5.95. The molecule has 0 aliphatic rings. The minimum Gasteiger partial charge on any atom is -0.493 e. The minimum atomic E-state index is -0.923. The van der Waals surface area contributed by atoms with E-state index in [4.69, 9.17) is 9.84 Å². The van der Waals surface area contributed by atoms with Gasteiger partial charge in [0, 0.05) is 11.1 Å². The quantitative estimate of drug-likeness (QED) is 0.413. The molecule has 1 atom stereocenters. The standard InChI is InChI=1S/C25H29FN2O4/c1-3-5-11-32-24-10-9-17(13-25(30)31)12-21(24)22-15-23(18-7-6-8-19(26)14-18)28(27-22)16-20(29)4-2/h6-10,12,14-15,20,29H,3-5,11,13,16H2,1-2H3,(H,30,31)/t20-/m1/s1. The first kappa shape index (κ1) is 23.5. The van der Waals surface area contributed by atoms with Crippen molar-refractivity contribution in [1.29, 1.82) is 0 Å². The van der Waals surface area contributed by atoms with Crippen LogP contribution in [0.5, 0.6) is 5.75 Å². The summed E-state index contributed by atoms with van der Waals surface area (Å²) in [4.78, 5) is 11.2. The number of hydrogen-bond acceptors (Lipinski definition) is 4. The van der Waals surface area contributed by atoms with E-state index in [1.165, 1.54) is 12.1 Å². The summed E-state index contributed by atoms with van der Waals surface area (Å²) in [5.41, 5.74) is 3.18. The summed E-state index contributed by atoms with van der Waals surface area (Å²) in [6.07, 6.45) is 1.71. The molecule has 0 saturated carbocycles. The van der Waals surface area contributed by atoms with Crippen LogP contribution in [-0.2, 0) is 17.8 Å². The molecule has 0 unspecified atom stereocenters. The van der Waals surface area contributed by atoms with Crippen molar-refractivity contribution in [3.8, 4) is 28.3 Å². The van der Waals surface area contributed by atoms with Gasteiger partial charge in [-0.05, 0) is 48.7 Å². The summed E-state index contributed by atoms with van der Waals surface area (Å²) in [6, 6.07) is 13.3. The van der Waals surface area contributed by atoms with Crippen molar-refractivity contribution in [2.75, 3.05) is 6.61 Å². The van der Waals surface area contributed by atoms with Crippen LogP contribution in [0, 0.1) is 5.82 Å². The van der Waals surface area contributed by atoms with E-state index in [1.54, 1.807) is 35.0 Å². The van der Waals surface area contributed by atoms with Crippen LogP contribution < -0.4 is 4.74 Å². The molecule has 0 bridgehead atoms. The molecule has 0 aliphatic heterocycles. The molecule has 1 heterocycles. The first-order valence-corrected chi connectivity index (χ1v) is 10.9. The fourth-order valence-corrected chi connectivity index (χ4v) is 3.41. The number of aromatic nitrogens is 2. The third-order valence-electron chi connectivity index (χ3n) is 5.19. The van der Waals surface area contributed by atoms with Gasteiger partial charge in [0.2, 0.25) is 0 Å². The third-order valence-corrected chi connectivity index (χ3v) is 5.19. The Labute approximate surface area is 187 Å². The molecule has 2 N–H and O–H groups in total. The van der Waals surface area contributed by atoms with Gasteiger partial charge in [-0.25, -0.2) is 4.39 Å². The zero-order valence-corrected chi connectivity index (χ0v) is 18.4. The van der Waals surface area contributed by atoms with E-state index in [0.717, 1.165) is 12.8 Å². The van der Waals surface area contributed by atoms with Crippen molar-refractivity contribution >= 4 is 5.97 Å². The van der Waals surface area contributed by atoms with Gasteiger partial charge in [-0.2, -0.15) is 5.10 Å². The maximum atomic E-state index is 13.9. The fourth-order valence-electron chi connectivity index (χ4n) is 3.41. The number of benzene rings is 2. The number of hydrogen-bond donors (Lipinski definition) is 2. The Morgan fingerprint density at radius 2 is 2.00 bits per heavy atom. The van der Waals surface area contributed by atoms with Crippen LogP contribution in [0.1, 0.15) is 38.7 Å². The van der Waals surface area contributed by atoms with E-state index < -0.39 is 12.1 Å². The number of rotatable bonds is 11. The lowest BCUT2D eigenvalue weighted by Gasteiger charge is -2.12. The monoisotopic (exact) mass is 440 g/mol. The molecule has 0 amide bonds. The van der Waals surface area contributed by atoms with E-state index in [1.807, 2.05) is 13.0 Å². The number of carbonyl (C=O) groups is 1. The van der Waals surface area contributed by atoms with Crippen molar-refractivity contribution in [1.82, 2.24) is 9.78 Å². The molecular formula is C25H29FN2O4. The van der Waals surface area contributed by atoms with Gasteiger partial charge in [0.15, 0.2) is 0 Å². The van der Waals surface area contributed by atoms with Crippen molar-refractivity contribution < 1.29 is 24.1 Å². The van der Waals surface area contributed by atoms with Crippen molar-refractivity contribution in [2.24, 2.45) is 0 Å². The average Bonchev–Trinajstić information content (AvgIpc) is 3.17. The molecule has 170 valence electrons. The highest BCUT2D eigenvalue weighted by atomic mass is 19.1. The zero-order chi connectivity index (χ0) is 23.1. The lowest BCUT2D eigenvalue weighted by molar-refractivity contribution is -0.136. The first-order valence-electron chi connectivity index (χ1n) is 10.9. The minimum absolute atomic E-state index is 0.117. The molecule has 0 spiro atoms. The number of halogens is 1. The maximum absolute atomic E-state index is 13.9. The Morgan fingerprint density at radius 1 is 1.19 bits per heavy atom. The predicted octanol–water partition coefficient (Wildman–Crippen LogP) is 4.93. The van der Waals surface area contributed by atoms with Gasteiger partial charge < -0.3 is 14.9 Å². The van der Waals surface area contributed by atoms with E-state index in [2.05, 4.69) is 6.92 Å². The number of nitrogens with zero attached hydrogens (tertiary/aromatic N) is 2. The van der Waals surface area contributed by atoms with Gasteiger partial charge in [-0.3, -0.25) is 9.48 Å². The summed E-state index contributed by atoms with van der Waals surface area (Å²) < 4.78 is 21.5. The largest absolute Gasteiger partial charge is 0.493 e. The summed E-state index contributed by atoms with van der Waals surface area (Å²) in [6.45, 7) is 4.75. The molecular weight excluding hydrogens is 411 g/mol. The molecule has 1 aromatic heterocycles. The Morgan fingerprint density at radius 3 is 2.69 bits per heavy atom. The van der Waals surface area contributed by atoms with Gasteiger partial charge in [0.1, 0.15) is 11.6 Å². The van der Waals surface area contributed by atoms with E-state index in [-0.39, 0.29) is 18.8 Å². The maximum Gasteiger partial charge on any atom is 0.307 e. The highest BCUT2D eigenvalue weighted by Crippen LogP contribution is 2.34. The van der Waals surface area contributed by atoms with Crippen molar-refractivity contribution in [2.45, 2.75) is 52.2 Å². The fraction of sp³-hybridized carbons (Fsp3) is 0.360. The molecule has 2 aromatic carbocycles. The van der Waals surface area contributed by atoms with Crippen LogP contribution in [-0.4, -0.2) is 38.7 Å². The van der Waals surface area contributed by atoms with Gasteiger partial charge in [0.05, 0.1) is 37.1 Å².